The molecule has 1 unspecified atom stereocenters. The van der Waals surface area contributed by atoms with Crippen molar-refractivity contribution in [1.82, 2.24) is 15.0 Å². The van der Waals surface area contributed by atoms with Crippen LogP contribution in [0, 0.1) is 5.92 Å². The lowest BCUT2D eigenvalue weighted by molar-refractivity contribution is 0.197. The smallest absolute Gasteiger partial charge is 0.241 e. The third kappa shape index (κ3) is 3.10. The van der Waals surface area contributed by atoms with Crippen LogP contribution in [0.3, 0.4) is 0 Å². The van der Waals surface area contributed by atoms with Gasteiger partial charge in [-0.3, -0.25) is 4.90 Å². The van der Waals surface area contributed by atoms with Crippen LogP contribution in [0.2, 0.25) is 0 Å². The molecule has 106 valence electrons. The third-order valence-corrected chi connectivity index (χ3v) is 4.43. The van der Waals surface area contributed by atoms with Gasteiger partial charge in [0.15, 0.2) is 0 Å². The average molecular weight is 336 g/mol. The van der Waals surface area contributed by atoms with E-state index < -0.39 is 0 Å². The van der Waals surface area contributed by atoms with Crippen molar-refractivity contribution in [2.75, 3.05) is 7.05 Å². The fourth-order valence-electron chi connectivity index (χ4n) is 2.36. The molecule has 1 aliphatic rings. The van der Waals surface area contributed by atoms with Crippen molar-refractivity contribution in [2.24, 2.45) is 5.92 Å². The van der Waals surface area contributed by atoms with Crippen molar-refractivity contribution in [2.45, 2.75) is 32.4 Å². The number of hydrogen-bond acceptors (Lipinski definition) is 4. The van der Waals surface area contributed by atoms with Crippen LogP contribution in [0.15, 0.2) is 33.3 Å². The molecule has 1 atom stereocenters. The molecule has 4 nitrogen and oxygen atoms in total. The summed E-state index contributed by atoms with van der Waals surface area (Å²) in [4.78, 5) is 6.77. The standard InChI is InChI=1S/C15H18BrN3O/c1-10(11-6-7-11)19(2)9-14-17-15(18-20-14)12-4-3-5-13(16)8-12/h3-5,8,10-11H,6-7,9H2,1-2H3. The van der Waals surface area contributed by atoms with Crippen LogP contribution in [-0.4, -0.2) is 28.1 Å². The van der Waals surface area contributed by atoms with Gasteiger partial charge in [0.25, 0.3) is 0 Å². The van der Waals surface area contributed by atoms with E-state index in [1.54, 1.807) is 0 Å². The zero-order valence-corrected chi connectivity index (χ0v) is 13.3. The van der Waals surface area contributed by atoms with Crippen molar-refractivity contribution in [3.63, 3.8) is 0 Å². The van der Waals surface area contributed by atoms with Crippen molar-refractivity contribution in [3.8, 4) is 11.4 Å². The van der Waals surface area contributed by atoms with Gasteiger partial charge < -0.3 is 4.52 Å². The molecule has 0 amide bonds. The van der Waals surface area contributed by atoms with Crippen LogP contribution in [-0.2, 0) is 6.54 Å². The minimum atomic E-state index is 0.580. The molecule has 0 N–H and O–H groups in total. The van der Waals surface area contributed by atoms with Crippen molar-refractivity contribution in [3.05, 3.63) is 34.6 Å². The predicted molar refractivity (Wildman–Crippen MR) is 81.1 cm³/mol. The highest BCUT2D eigenvalue weighted by Gasteiger charge is 2.30. The Morgan fingerprint density at radius 3 is 2.95 bits per heavy atom. The third-order valence-electron chi connectivity index (χ3n) is 3.94. The zero-order valence-electron chi connectivity index (χ0n) is 11.7. The minimum absolute atomic E-state index is 0.580. The summed E-state index contributed by atoms with van der Waals surface area (Å²) in [5, 5.41) is 4.07. The Kier molecular flexibility index (Phi) is 3.89. The molecule has 5 heteroatoms. The van der Waals surface area contributed by atoms with Crippen LogP contribution in [0.1, 0.15) is 25.7 Å². The van der Waals surface area contributed by atoms with Gasteiger partial charge in [-0.25, -0.2) is 0 Å². The summed E-state index contributed by atoms with van der Waals surface area (Å²) >= 11 is 3.45. The minimum Gasteiger partial charge on any atom is -0.338 e. The summed E-state index contributed by atoms with van der Waals surface area (Å²) in [6.07, 6.45) is 2.69. The predicted octanol–water partition coefficient (Wildman–Crippen LogP) is 3.73. The molecule has 2 aromatic rings. The number of halogens is 1. The zero-order chi connectivity index (χ0) is 14.1. The van der Waals surface area contributed by atoms with E-state index in [0.717, 1.165) is 16.0 Å². The van der Waals surface area contributed by atoms with E-state index >= 15 is 0 Å². The molecular formula is C15H18BrN3O. The van der Waals surface area contributed by atoms with E-state index in [9.17, 15) is 0 Å². The molecule has 0 radical (unpaired) electrons. The summed E-state index contributed by atoms with van der Waals surface area (Å²) < 4.78 is 6.38. The molecule has 1 aromatic heterocycles. The molecule has 20 heavy (non-hydrogen) atoms. The van der Waals surface area contributed by atoms with Gasteiger partial charge in [0.1, 0.15) is 0 Å². The Bertz CT molecular complexity index is 594. The Morgan fingerprint density at radius 1 is 1.45 bits per heavy atom. The number of rotatable bonds is 5. The fraction of sp³-hybridized carbons (Fsp3) is 0.467. The maximum atomic E-state index is 5.36. The van der Waals surface area contributed by atoms with Gasteiger partial charge in [-0.2, -0.15) is 4.98 Å². The molecule has 1 heterocycles. The summed E-state index contributed by atoms with van der Waals surface area (Å²) in [6.45, 7) is 2.97. The van der Waals surface area contributed by atoms with Gasteiger partial charge in [0.05, 0.1) is 6.54 Å². The first-order chi connectivity index (χ1) is 9.63. The molecule has 0 aliphatic heterocycles. The Morgan fingerprint density at radius 2 is 2.25 bits per heavy atom. The molecule has 0 spiro atoms. The topological polar surface area (TPSA) is 42.2 Å². The number of hydrogen-bond donors (Lipinski definition) is 0. The van der Waals surface area contributed by atoms with Gasteiger partial charge in [0, 0.05) is 16.1 Å². The normalized spacial score (nSPS) is 16.6. The molecule has 1 saturated carbocycles. The van der Waals surface area contributed by atoms with E-state index in [2.05, 4.69) is 44.9 Å². The van der Waals surface area contributed by atoms with Crippen molar-refractivity contribution >= 4 is 15.9 Å². The van der Waals surface area contributed by atoms with Crippen molar-refractivity contribution < 1.29 is 4.52 Å². The van der Waals surface area contributed by atoms with E-state index in [1.807, 2.05) is 24.3 Å². The van der Waals surface area contributed by atoms with Crippen LogP contribution in [0.4, 0.5) is 0 Å². The maximum absolute atomic E-state index is 5.36. The van der Waals surface area contributed by atoms with E-state index in [0.29, 0.717) is 24.3 Å². The van der Waals surface area contributed by atoms with Crippen LogP contribution >= 0.6 is 15.9 Å². The lowest BCUT2D eigenvalue weighted by atomic mass is 10.2. The van der Waals surface area contributed by atoms with E-state index in [1.165, 1.54) is 12.8 Å². The first-order valence-corrected chi connectivity index (χ1v) is 7.71. The molecule has 1 aromatic carbocycles. The first-order valence-electron chi connectivity index (χ1n) is 6.92. The summed E-state index contributed by atoms with van der Waals surface area (Å²) in [7, 11) is 2.12. The van der Waals surface area contributed by atoms with E-state index in [4.69, 9.17) is 4.52 Å². The monoisotopic (exact) mass is 335 g/mol. The number of benzene rings is 1. The van der Waals surface area contributed by atoms with Gasteiger partial charge in [-0.1, -0.05) is 33.2 Å². The van der Waals surface area contributed by atoms with Crippen molar-refractivity contribution in [1.29, 1.82) is 0 Å². The van der Waals surface area contributed by atoms with Crippen LogP contribution in [0.5, 0.6) is 0 Å². The Balaban J connectivity index is 1.70. The second kappa shape index (κ2) is 5.66. The van der Waals surface area contributed by atoms with Gasteiger partial charge >= 0.3 is 0 Å². The largest absolute Gasteiger partial charge is 0.338 e. The van der Waals surface area contributed by atoms with Gasteiger partial charge in [-0.15, -0.1) is 0 Å². The first kappa shape index (κ1) is 13.8. The lowest BCUT2D eigenvalue weighted by Crippen LogP contribution is -2.30. The second-order valence-electron chi connectivity index (χ2n) is 5.52. The van der Waals surface area contributed by atoms with Crippen LogP contribution in [0.25, 0.3) is 11.4 Å². The quantitative estimate of drug-likeness (QED) is 0.834. The number of aromatic nitrogens is 2. The fourth-order valence-corrected chi connectivity index (χ4v) is 2.76. The SMILES string of the molecule is CC(C1CC1)N(C)Cc1nc(-c2cccc(Br)c2)no1. The van der Waals surface area contributed by atoms with Gasteiger partial charge in [0.2, 0.25) is 11.7 Å². The highest BCUT2D eigenvalue weighted by molar-refractivity contribution is 9.10. The summed E-state index contributed by atoms with van der Waals surface area (Å²) in [6, 6.07) is 8.50. The number of nitrogens with zero attached hydrogens (tertiary/aromatic N) is 3. The Labute approximate surface area is 127 Å². The molecule has 0 saturated heterocycles. The molecular weight excluding hydrogens is 318 g/mol. The molecule has 1 fully saturated rings. The lowest BCUT2D eigenvalue weighted by Gasteiger charge is -2.22. The highest BCUT2D eigenvalue weighted by Crippen LogP contribution is 2.35. The Hall–Kier alpha value is -1.20. The molecule has 1 aliphatic carbocycles. The molecule has 0 bridgehead atoms. The average Bonchev–Trinajstić information content (AvgIpc) is 3.18. The highest BCUT2D eigenvalue weighted by atomic mass is 79.9. The van der Waals surface area contributed by atoms with Crippen LogP contribution < -0.4 is 0 Å². The maximum Gasteiger partial charge on any atom is 0.241 e. The summed E-state index contributed by atoms with van der Waals surface area (Å²) in [5.41, 5.74) is 0.965. The molecule has 3 rings (SSSR count). The summed E-state index contributed by atoms with van der Waals surface area (Å²) in [5.74, 6) is 2.16. The van der Waals surface area contributed by atoms with E-state index in [-0.39, 0.29) is 0 Å². The van der Waals surface area contributed by atoms with Gasteiger partial charge in [-0.05, 0) is 44.9 Å². The second-order valence-corrected chi connectivity index (χ2v) is 6.43.